The summed E-state index contributed by atoms with van der Waals surface area (Å²) in [6.07, 6.45) is 3.18. The largest absolute Gasteiger partial charge is 0.409 e. The van der Waals surface area contributed by atoms with Crippen LogP contribution in [-0.4, -0.2) is 25.9 Å². The van der Waals surface area contributed by atoms with Crippen LogP contribution >= 0.6 is 11.8 Å². The van der Waals surface area contributed by atoms with E-state index in [0.29, 0.717) is 10.1 Å². The van der Waals surface area contributed by atoms with Crippen LogP contribution in [0.4, 0.5) is 5.69 Å². The van der Waals surface area contributed by atoms with E-state index < -0.39 is 4.92 Å². The van der Waals surface area contributed by atoms with Gasteiger partial charge in [0.25, 0.3) is 5.69 Å². The first-order valence-electron chi connectivity index (χ1n) is 5.05. The molecule has 0 radical (unpaired) electrons. The number of hydrogen-bond donors (Lipinski definition) is 3. The molecule has 1 aromatic heterocycles. The number of nitrogens with two attached hydrogens (primary N) is 1. The van der Waals surface area contributed by atoms with Gasteiger partial charge >= 0.3 is 0 Å². The third-order valence-corrected chi connectivity index (χ3v) is 3.22. The van der Waals surface area contributed by atoms with Crippen molar-refractivity contribution < 1.29 is 10.1 Å². The molecule has 8 nitrogen and oxygen atoms in total. The van der Waals surface area contributed by atoms with Crippen molar-refractivity contribution in [3.8, 4) is 0 Å². The number of amidine groups is 1. The van der Waals surface area contributed by atoms with E-state index >= 15 is 0 Å². The molecule has 0 aliphatic carbocycles. The Balaban J connectivity index is 2.41. The van der Waals surface area contributed by atoms with Crippen LogP contribution in [-0.2, 0) is 0 Å². The van der Waals surface area contributed by atoms with Crippen molar-refractivity contribution in [3.05, 3.63) is 46.3 Å². The van der Waals surface area contributed by atoms with Crippen molar-refractivity contribution in [2.45, 2.75) is 10.1 Å². The van der Waals surface area contributed by atoms with Gasteiger partial charge in [0, 0.05) is 24.0 Å². The summed E-state index contributed by atoms with van der Waals surface area (Å²) in [6, 6.07) is 4.31. The molecule has 98 valence electrons. The average Bonchev–Trinajstić information content (AvgIpc) is 2.91. The van der Waals surface area contributed by atoms with Crippen molar-refractivity contribution in [2.24, 2.45) is 10.9 Å². The number of hydrogen-bond acceptors (Lipinski definition) is 6. The molecular formula is C10H9N5O3S. The van der Waals surface area contributed by atoms with Crippen molar-refractivity contribution in [3.63, 3.8) is 0 Å². The molecule has 4 N–H and O–H groups in total. The van der Waals surface area contributed by atoms with Gasteiger partial charge in [-0.15, -0.1) is 0 Å². The summed E-state index contributed by atoms with van der Waals surface area (Å²) in [5.74, 6) is -0.183. The van der Waals surface area contributed by atoms with E-state index in [4.69, 9.17) is 10.9 Å². The molecular weight excluding hydrogens is 270 g/mol. The Kier molecular flexibility index (Phi) is 3.66. The zero-order valence-corrected chi connectivity index (χ0v) is 10.3. The number of imidazole rings is 1. The number of nitrogens with zero attached hydrogens (tertiary/aromatic N) is 3. The molecule has 0 fully saturated rings. The number of nitro benzene ring substituents is 1. The second-order valence-corrected chi connectivity index (χ2v) is 4.45. The highest BCUT2D eigenvalue weighted by Gasteiger charge is 2.17. The summed E-state index contributed by atoms with van der Waals surface area (Å²) >= 11 is 1.13. The van der Waals surface area contributed by atoms with E-state index in [2.05, 4.69) is 15.1 Å². The maximum Gasteiger partial charge on any atom is 0.284 e. The van der Waals surface area contributed by atoms with Crippen LogP contribution in [0.3, 0.4) is 0 Å². The Morgan fingerprint density at radius 2 is 2.37 bits per heavy atom. The fraction of sp³-hybridized carbons (Fsp3) is 0. The molecule has 9 heteroatoms. The molecule has 1 heterocycles. The number of benzene rings is 1. The summed E-state index contributed by atoms with van der Waals surface area (Å²) in [5, 5.41) is 23.0. The van der Waals surface area contributed by atoms with E-state index in [1.54, 1.807) is 12.4 Å². The molecule has 0 aliphatic rings. The molecule has 2 aromatic rings. The van der Waals surface area contributed by atoms with E-state index in [1.165, 1.54) is 18.2 Å². The van der Waals surface area contributed by atoms with Crippen LogP contribution in [0.2, 0.25) is 0 Å². The molecule has 0 bridgehead atoms. The molecule has 1 aromatic carbocycles. The Labute approximate surface area is 111 Å². The van der Waals surface area contributed by atoms with Gasteiger partial charge in [-0.25, -0.2) is 4.98 Å². The highest BCUT2D eigenvalue weighted by atomic mass is 32.2. The van der Waals surface area contributed by atoms with Crippen LogP contribution in [0.15, 0.2) is 45.8 Å². The summed E-state index contributed by atoms with van der Waals surface area (Å²) in [7, 11) is 0. The summed E-state index contributed by atoms with van der Waals surface area (Å²) in [6.45, 7) is 0. The number of aromatic nitrogens is 2. The third-order valence-electron chi connectivity index (χ3n) is 2.24. The Morgan fingerprint density at radius 1 is 1.58 bits per heavy atom. The number of aromatic amines is 1. The van der Waals surface area contributed by atoms with Crippen molar-refractivity contribution >= 4 is 23.3 Å². The lowest BCUT2D eigenvalue weighted by Gasteiger charge is -2.03. The van der Waals surface area contributed by atoms with Gasteiger partial charge in [-0.2, -0.15) is 0 Å². The molecule has 0 spiro atoms. The number of nitrogens with one attached hydrogen (secondary N) is 1. The lowest BCUT2D eigenvalue weighted by Crippen LogP contribution is -2.13. The number of H-pyrrole nitrogens is 1. The third kappa shape index (κ3) is 2.83. The Morgan fingerprint density at radius 3 is 2.95 bits per heavy atom. The van der Waals surface area contributed by atoms with E-state index in [-0.39, 0.29) is 17.1 Å². The quantitative estimate of drug-likeness (QED) is 0.256. The van der Waals surface area contributed by atoms with E-state index in [9.17, 15) is 10.1 Å². The minimum Gasteiger partial charge on any atom is -0.409 e. The topological polar surface area (TPSA) is 130 Å². The minimum absolute atomic E-state index is 0.134. The minimum atomic E-state index is -0.528. The van der Waals surface area contributed by atoms with Crippen LogP contribution in [0.5, 0.6) is 0 Å². The maximum atomic E-state index is 11.0. The average molecular weight is 279 g/mol. The van der Waals surface area contributed by atoms with Gasteiger partial charge in [-0.3, -0.25) is 10.1 Å². The van der Waals surface area contributed by atoms with Gasteiger partial charge in [0.05, 0.1) is 9.82 Å². The number of oxime groups is 1. The van der Waals surface area contributed by atoms with Crippen molar-refractivity contribution in [1.29, 1.82) is 0 Å². The first-order chi connectivity index (χ1) is 9.11. The summed E-state index contributed by atoms with van der Waals surface area (Å²) < 4.78 is 0. The molecule has 0 saturated carbocycles. The molecule has 0 amide bonds. The van der Waals surface area contributed by atoms with Gasteiger partial charge in [0.1, 0.15) is 0 Å². The normalized spacial score (nSPS) is 11.5. The second kappa shape index (κ2) is 5.40. The smallest absolute Gasteiger partial charge is 0.284 e. The van der Waals surface area contributed by atoms with Crippen molar-refractivity contribution in [2.75, 3.05) is 0 Å². The fourth-order valence-corrected chi connectivity index (χ4v) is 2.20. The molecule has 2 rings (SSSR count). The lowest BCUT2D eigenvalue weighted by atomic mass is 10.2. The van der Waals surface area contributed by atoms with Gasteiger partial charge in [0.15, 0.2) is 11.0 Å². The van der Waals surface area contributed by atoms with Crippen LogP contribution < -0.4 is 5.73 Å². The molecule has 19 heavy (non-hydrogen) atoms. The molecule has 0 atom stereocenters. The number of rotatable bonds is 4. The predicted molar refractivity (Wildman–Crippen MR) is 68.3 cm³/mol. The first kappa shape index (κ1) is 12.9. The van der Waals surface area contributed by atoms with Crippen LogP contribution in [0.1, 0.15) is 5.56 Å². The summed E-state index contributed by atoms with van der Waals surface area (Å²) in [4.78, 5) is 17.7. The predicted octanol–water partition coefficient (Wildman–Crippen LogP) is 1.56. The monoisotopic (exact) mass is 279 g/mol. The molecule has 0 aliphatic heterocycles. The van der Waals surface area contributed by atoms with Gasteiger partial charge in [-0.1, -0.05) is 5.16 Å². The van der Waals surface area contributed by atoms with Gasteiger partial charge in [-0.05, 0) is 23.9 Å². The molecule has 0 saturated heterocycles. The van der Waals surface area contributed by atoms with Gasteiger partial charge in [0.2, 0.25) is 0 Å². The highest BCUT2D eigenvalue weighted by Crippen LogP contribution is 2.33. The Hall–Kier alpha value is -2.55. The summed E-state index contributed by atoms with van der Waals surface area (Å²) in [5.41, 5.74) is 5.54. The Bertz CT molecular complexity index is 626. The molecule has 0 unspecified atom stereocenters. The van der Waals surface area contributed by atoms with E-state index in [0.717, 1.165) is 11.8 Å². The van der Waals surface area contributed by atoms with Crippen molar-refractivity contribution in [1.82, 2.24) is 9.97 Å². The zero-order valence-electron chi connectivity index (χ0n) is 9.48. The van der Waals surface area contributed by atoms with Crippen LogP contribution in [0, 0.1) is 10.1 Å². The van der Waals surface area contributed by atoms with E-state index in [1.807, 2.05) is 0 Å². The lowest BCUT2D eigenvalue weighted by molar-refractivity contribution is -0.387. The SMILES string of the molecule is N/C(=N/O)c1ccc(Sc2ncc[nH]2)c([N+](=O)[O-])c1. The highest BCUT2D eigenvalue weighted by molar-refractivity contribution is 7.99. The van der Waals surface area contributed by atoms with Gasteiger partial charge < -0.3 is 15.9 Å². The second-order valence-electron chi connectivity index (χ2n) is 3.42. The standard InChI is InChI=1S/C10H9N5O3S/c11-9(14-16)6-1-2-8(7(5-6)15(17)18)19-10-12-3-4-13-10/h1-5,16H,(H2,11,14)(H,12,13). The number of nitro groups is 1. The maximum absolute atomic E-state index is 11.0. The fourth-order valence-electron chi connectivity index (χ4n) is 1.37. The van der Waals surface area contributed by atoms with Crippen LogP contribution in [0.25, 0.3) is 0 Å². The first-order valence-corrected chi connectivity index (χ1v) is 5.87. The zero-order chi connectivity index (χ0) is 13.8.